The molecule has 3 rings (SSSR count). The Kier molecular flexibility index (Phi) is 5.67. The molecule has 0 N–H and O–H groups in total. The van der Waals surface area contributed by atoms with Crippen molar-refractivity contribution in [2.24, 2.45) is 0 Å². The van der Waals surface area contributed by atoms with Crippen LogP contribution >= 0.6 is 11.8 Å². The number of rotatable bonds is 7. The number of amides is 1. The number of carbonyl (C=O) groups excluding carboxylic acids is 2. The van der Waals surface area contributed by atoms with Crippen LogP contribution in [0, 0.1) is 0 Å². The standard InChI is InChI=1S/C21H23NO3S/c1-22(14-16-8-10-18(26-2)11-9-16)19(23)15-25-20(24)21(12-13-21)17-6-4-3-5-7-17/h3-11H,12-15H2,1-2H3. The lowest BCUT2D eigenvalue weighted by atomic mass is 9.96. The fraction of sp³-hybridized carbons (Fsp3) is 0.333. The molecule has 5 heteroatoms. The Morgan fingerprint density at radius 1 is 1.08 bits per heavy atom. The molecule has 1 fully saturated rings. The van der Waals surface area contributed by atoms with E-state index in [1.807, 2.05) is 60.9 Å². The molecule has 0 aliphatic heterocycles. The summed E-state index contributed by atoms with van der Waals surface area (Å²) in [5.74, 6) is -0.495. The first-order valence-corrected chi connectivity index (χ1v) is 9.87. The minimum Gasteiger partial charge on any atom is -0.455 e. The van der Waals surface area contributed by atoms with Crippen LogP contribution in [-0.2, 0) is 26.3 Å². The molecule has 0 radical (unpaired) electrons. The second-order valence-corrected chi connectivity index (χ2v) is 7.50. The number of thioether (sulfide) groups is 1. The van der Waals surface area contributed by atoms with E-state index in [1.165, 1.54) is 4.90 Å². The molecule has 0 aromatic heterocycles. The van der Waals surface area contributed by atoms with Crippen molar-refractivity contribution in [2.75, 3.05) is 19.9 Å². The molecule has 0 unspecified atom stereocenters. The molecule has 0 saturated heterocycles. The first-order chi connectivity index (χ1) is 12.5. The van der Waals surface area contributed by atoms with Crippen LogP contribution in [0.2, 0.25) is 0 Å². The Balaban J connectivity index is 1.52. The fourth-order valence-electron chi connectivity index (χ4n) is 2.96. The van der Waals surface area contributed by atoms with Gasteiger partial charge in [0.2, 0.25) is 0 Å². The van der Waals surface area contributed by atoms with Crippen LogP contribution in [0.5, 0.6) is 0 Å². The molecule has 26 heavy (non-hydrogen) atoms. The second kappa shape index (κ2) is 7.96. The Labute approximate surface area is 158 Å². The highest BCUT2D eigenvalue weighted by molar-refractivity contribution is 7.98. The maximum Gasteiger partial charge on any atom is 0.317 e. The van der Waals surface area contributed by atoms with E-state index in [1.54, 1.807) is 23.7 Å². The number of hydrogen-bond donors (Lipinski definition) is 0. The van der Waals surface area contributed by atoms with E-state index in [0.29, 0.717) is 6.54 Å². The summed E-state index contributed by atoms with van der Waals surface area (Å²) in [7, 11) is 1.72. The Bertz CT molecular complexity index is 770. The molecule has 136 valence electrons. The van der Waals surface area contributed by atoms with Crippen molar-refractivity contribution in [3.63, 3.8) is 0 Å². The van der Waals surface area contributed by atoms with E-state index in [0.717, 1.165) is 24.0 Å². The first kappa shape index (κ1) is 18.5. The van der Waals surface area contributed by atoms with E-state index in [4.69, 9.17) is 4.74 Å². The summed E-state index contributed by atoms with van der Waals surface area (Å²) in [6, 6.07) is 17.8. The summed E-state index contributed by atoms with van der Waals surface area (Å²) in [6.45, 7) is 0.279. The third-order valence-corrected chi connectivity index (χ3v) is 5.54. The number of ether oxygens (including phenoxy) is 1. The molecule has 1 aliphatic carbocycles. The zero-order valence-corrected chi connectivity index (χ0v) is 15.9. The summed E-state index contributed by atoms with van der Waals surface area (Å²) in [5, 5.41) is 0. The molecule has 0 atom stereocenters. The number of hydrogen-bond acceptors (Lipinski definition) is 4. The van der Waals surface area contributed by atoms with Crippen molar-refractivity contribution in [1.82, 2.24) is 4.90 Å². The third kappa shape index (κ3) is 4.10. The van der Waals surface area contributed by atoms with Crippen molar-refractivity contribution in [1.29, 1.82) is 0 Å². The van der Waals surface area contributed by atoms with Gasteiger partial charge < -0.3 is 9.64 Å². The lowest BCUT2D eigenvalue weighted by Gasteiger charge is -2.19. The Morgan fingerprint density at radius 3 is 2.31 bits per heavy atom. The summed E-state index contributed by atoms with van der Waals surface area (Å²) >= 11 is 1.68. The summed E-state index contributed by atoms with van der Waals surface area (Å²) < 4.78 is 5.35. The number of benzene rings is 2. The van der Waals surface area contributed by atoms with Crippen LogP contribution in [0.15, 0.2) is 59.5 Å². The molecular weight excluding hydrogens is 346 g/mol. The molecule has 0 spiro atoms. The molecular formula is C21H23NO3S. The lowest BCUT2D eigenvalue weighted by molar-refractivity contribution is -0.154. The van der Waals surface area contributed by atoms with E-state index in [9.17, 15) is 9.59 Å². The van der Waals surface area contributed by atoms with Gasteiger partial charge in [-0.1, -0.05) is 42.5 Å². The predicted octanol–water partition coefficient (Wildman–Crippen LogP) is 3.64. The Hall–Kier alpha value is -2.27. The molecule has 1 amide bonds. The van der Waals surface area contributed by atoms with Gasteiger partial charge in [0.15, 0.2) is 6.61 Å². The van der Waals surface area contributed by atoms with Gasteiger partial charge in [0.25, 0.3) is 5.91 Å². The molecule has 1 aliphatic rings. The number of likely N-dealkylation sites (N-methyl/N-ethyl adjacent to an activating group) is 1. The zero-order chi connectivity index (χ0) is 18.6. The fourth-order valence-corrected chi connectivity index (χ4v) is 3.37. The lowest BCUT2D eigenvalue weighted by Crippen LogP contribution is -2.33. The van der Waals surface area contributed by atoms with Crippen LogP contribution in [0.3, 0.4) is 0 Å². The summed E-state index contributed by atoms with van der Waals surface area (Å²) in [5.41, 5.74) is 1.47. The van der Waals surface area contributed by atoms with Gasteiger partial charge in [0, 0.05) is 18.5 Å². The average Bonchev–Trinajstić information content (AvgIpc) is 3.49. The van der Waals surface area contributed by atoms with Crippen molar-refractivity contribution < 1.29 is 14.3 Å². The third-order valence-electron chi connectivity index (χ3n) is 4.80. The maximum atomic E-state index is 12.5. The van der Waals surface area contributed by atoms with Crippen molar-refractivity contribution in [2.45, 2.75) is 29.7 Å². The number of nitrogens with zero attached hydrogens (tertiary/aromatic N) is 1. The normalized spacial score (nSPS) is 14.5. The maximum absolute atomic E-state index is 12.5. The minimum atomic E-state index is -0.548. The largest absolute Gasteiger partial charge is 0.455 e. The van der Waals surface area contributed by atoms with E-state index >= 15 is 0 Å². The van der Waals surface area contributed by atoms with Gasteiger partial charge in [0.1, 0.15) is 0 Å². The Morgan fingerprint density at radius 2 is 1.73 bits per heavy atom. The molecule has 0 heterocycles. The van der Waals surface area contributed by atoms with Crippen LogP contribution < -0.4 is 0 Å². The van der Waals surface area contributed by atoms with E-state index in [2.05, 4.69) is 0 Å². The molecule has 2 aromatic carbocycles. The van der Waals surface area contributed by atoms with Crippen LogP contribution in [-0.4, -0.2) is 36.7 Å². The van der Waals surface area contributed by atoms with Crippen LogP contribution in [0.4, 0.5) is 0 Å². The number of carbonyl (C=O) groups is 2. The second-order valence-electron chi connectivity index (χ2n) is 6.62. The van der Waals surface area contributed by atoms with Gasteiger partial charge in [-0.05, 0) is 42.4 Å². The minimum absolute atomic E-state index is 0.198. The van der Waals surface area contributed by atoms with E-state index in [-0.39, 0.29) is 18.5 Å². The molecule has 4 nitrogen and oxygen atoms in total. The highest BCUT2D eigenvalue weighted by Gasteiger charge is 2.52. The van der Waals surface area contributed by atoms with Gasteiger partial charge >= 0.3 is 5.97 Å². The monoisotopic (exact) mass is 369 g/mol. The van der Waals surface area contributed by atoms with Gasteiger partial charge in [-0.2, -0.15) is 0 Å². The van der Waals surface area contributed by atoms with E-state index < -0.39 is 5.41 Å². The molecule has 1 saturated carbocycles. The SMILES string of the molecule is CSc1ccc(CN(C)C(=O)COC(=O)C2(c3ccccc3)CC2)cc1. The van der Waals surface area contributed by atoms with Gasteiger partial charge in [-0.15, -0.1) is 11.8 Å². The number of esters is 1. The highest BCUT2D eigenvalue weighted by Crippen LogP contribution is 2.49. The smallest absolute Gasteiger partial charge is 0.317 e. The van der Waals surface area contributed by atoms with Gasteiger partial charge in [-0.3, -0.25) is 9.59 Å². The van der Waals surface area contributed by atoms with Gasteiger partial charge in [0.05, 0.1) is 5.41 Å². The summed E-state index contributed by atoms with van der Waals surface area (Å²) in [6.07, 6.45) is 3.59. The average molecular weight is 369 g/mol. The zero-order valence-electron chi connectivity index (χ0n) is 15.1. The molecule has 0 bridgehead atoms. The quantitative estimate of drug-likeness (QED) is 0.552. The summed E-state index contributed by atoms with van der Waals surface area (Å²) in [4.78, 5) is 27.6. The van der Waals surface area contributed by atoms with Crippen molar-refractivity contribution in [3.8, 4) is 0 Å². The van der Waals surface area contributed by atoms with Gasteiger partial charge in [-0.25, -0.2) is 0 Å². The topological polar surface area (TPSA) is 46.6 Å². The van der Waals surface area contributed by atoms with Crippen molar-refractivity contribution >= 4 is 23.6 Å². The van der Waals surface area contributed by atoms with Crippen LogP contribution in [0.25, 0.3) is 0 Å². The first-order valence-electron chi connectivity index (χ1n) is 8.65. The van der Waals surface area contributed by atoms with Crippen LogP contribution in [0.1, 0.15) is 24.0 Å². The predicted molar refractivity (Wildman–Crippen MR) is 103 cm³/mol. The highest BCUT2D eigenvalue weighted by atomic mass is 32.2. The van der Waals surface area contributed by atoms with Crippen molar-refractivity contribution in [3.05, 3.63) is 65.7 Å². The molecule has 2 aromatic rings.